The first kappa shape index (κ1) is 19.6. The lowest BCUT2D eigenvalue weighted by Crippen LogP contribution is -2.07. The summed E-state index contributed by atoms with van der Waals surface area (Å²) in [7, 11) is -1.64. The Kier molecular flexibility index (Phi) is 5.74. The number of methoxy groups -OCH3 is 1. The lowest BCUT2D eigenvalue weighted by Gasteiger charge is -2.04. The first-order chi connectivity index (χ1) is 13.3. The van der Waals surface area contributed by atoms with Crippen LogP contribution < -0.4 is 4.74 Å². The molecular formula is C19H18N2O6S. The lowest BCUT2D eigenvalue weighted by molar-refractivity contribution is 0.0429. The van der Waals surface area contributed by atoms with Gasteiger partial charge in [-0.3, -0.25) is 0 Å². The largest absolute Gasteiger partial charge is 0.497 e. The van der Waals surface area contributed by atoms with Crippen molar-refractivity contribution >= 4 is 15.8 Å². The van der Waals surface area contributed by atoms with Crippen molar-refractivity contribution in [3.63, 3.8) is 0 Å². The number of benzene rings is 2. The van der Waals surface area contributed by atoms with E-state index in [4.69, 9.17) is 14.0 Å². The molecule has 0 N–H and O–H groups in total. The van der Waals surface area contributed by atoms with Gasteiger partial charge in [0.05, 0.1) is 18.4 Å². The molecule has 0 amide bonds. The summed E-state index contributed by atoms with van der Waals surface area (Å²) in [5, 5.41) is 3.87. The number of hydrogen-bond donors (Lipinski definition) is 0. The Bertz CT molecular complexity index is 1090. The van der Waals surface area contributed by atoms with E-state index in [1.165, 1.54) is 6.07 Å². The van der Waals surface area contributed by atoms with Crippen molar-refractivity contribution in [1.29, 1.82) is 0 Å². The molecule has 0 bridgehead atoms. The molecular weight excluding hydrogens is 384 g/mol. The minimum absolute atomic E-state index is 0.137. The van der Waals surface area contributed by atoms with Crippen LogP contribution in [0.2, 0.25) is 0 Å². The van der Waals surface area contributed by atoms with Gasteiger partial charge in [0.2, 0.25) is 5.82 Å². The van der Waals surface area contributed by atoms with Gasteiger partial charge in [0.1, 0.15) is 5.75 Å². The van der Waals surface area contributed by atoms with Crippen LogP contribution in [0.25, 0.3) is 11.4 Å². The van der Waals surface area contributed by atoms with E-state index in [0.717, 1.165) is 6.26 Å². The quantitative estimate of drug-likeness (QED) is 0.555. The van der Waals surface area contributed by atoms with Gasteiger partial charge in [0, 0.05) is 11.8 Å². The first-order valence-electron chi connectivity index (χ1n) is 8.25. The Morgan fingerprint density at radius 3 is 2.68 bits per heavy atom. The van der Waals surface area contributed by atoms with E-state index in [-0.39, 0.29) is 23.8 Å². The molecule has 0 radical (unpaired) electrons. The molecule has 8 nitrogen and oxygen atoms in total. The van der Waals surface area contributed by atoms with Crippen molar-refractivity contribution in [2.45, 2.75) is 12.4 Å². The smallest absolute Gasteiger partial charge is 0.338 e. The van der Waals surface area contributed by atoms with Crippen LogP contribution in [-0.4, -0.2) is 37.9 Å². The van der Waals surface area contributed by atoms with E-state index in [2.05, 4.69) is 10.1 Å². The summed E-state index contributed by atoms with van der Waals surface area (Å²) in [6.07, 6.45) is 1.13. The molecule has 2 aromatic carbocycles. The van der Waals surface area contributed by atoms with Gasteiger partial charge in [-0.15, -0.1) is 0 Å². The van der Waals surface area contributed by atoms with Gasteiger partial charge in [-0.1, -0.05) is 29.4 Å². The van der Waals surface area contributed by atoms with Crippen molar-refractivity contribution in [3.05, 3.63) is 65.5 Å². The predicted molar refractivity (Wildman–Crippen MR) is 100 cm³/mol. The third-order valence-electron chi connectivity index (χ3n) is 3.71. The monoisotopic (exact) mass is 402 g/mol. The molecule has 1 aromatic heterocycles. The molecule has 1 heterocycles. The summed E-state index contributed by atoms with van der Waals surface area (Å²) in [6.45, 7) is -0.202. The number of nitrogens with zero attached hydrogens (tertiary/aromatic N) is 2. The maximum absolute atomic E-state index is 12.2. The van der Waals surface area contributed by atoms with Gasteiger partial charge in [-0.25, -0.2) is 13.2 Å². The minimum atomic E-state index is -3.20. The number of rotatable bonds is 7. The normalized spacial score (nSPS) is 11.2. The summed E-state index contributed by atoms with van der Waals surface area (Å²) in [5.74, 6) is 0.376. The molecule has 0 spiro atoms. The SMILES string of the molecule is COc1cccc(-c2noc(COC(=O)c3cccc(CS(C)(=O)=O)c3)n2)c1. The molecule has 0 saturated carbocycles. The average molecular weight is 402 g/mol. The van der Waals surface area contributed by atoms with Crippen LogP contribution in [0.3, 0.4) is 0 Å². The Balaban J connectivity index is 1.65. The second kappa shape index (κ2) is 8.22. The van der Waals surface area contributed by atoms with Gasteiger partial charge in [0.25, 0.3) is 5.89 Å². The second-order valence-corrected chi connectivity index (χ2v) is 8.23. The lowest BCUT2D eigenvalue weighted by atomic mass is 10.1. The van der Waals surface area contributed by atoms with Crippen molar-refractivity contribution in [1.82, 2.24) is 10.1 Å². The molecule has 0 aliphatic rings. The summed E-state index contributed by atoms with van der Waals surface area (Å²) in [6, 6.07) is 13.4. The maximum Gasteiger partial charge on any atom is 0.338 e. The topological polar surface area (TPSA) is 109 Å². The van der Waals surface area contributed by atoms with Gasteiger partial charge in [0.15, 0.2) is 16.4 Å². The van der Waals surface area contributed by atoms with Crippen molar-refractivity contribution in [2.24, 2.45) is 0 Å². The van der Waals surface area contributed by atoms with Crippen LogP contribution in [0, 0.1) is 0 Å². The van der Waals surface area contributed by atoms with Gasteiger partial charge < -0.3 is 14.0 Å². The van der Waals surface area contributed by atoms with E-state index in [1.54, 1.807) is 49.6 Å². The zero-order valence-electron chi connectivity index (χ0n) is 15.3. The van der Waals surface area contributed by atoms with Crippen LogP contribution >= 0.6 is 0 Å². The highest BCUT2D eigenvalue weighted by Crippen LogP contribution is 2.21. The predicted octanol–water partition coefficient (Wildman–Crippen LogP) is 2.65. The van der Waals surface area contributed by atoms with E-state index in [1.807, 2.05) is 0 Å². The number of aromatic nitrogens is 2. The van der Waals surface area contributed by atoms with E-state index >= 15 is 0 Å². The number of carbonyl (C=O) groups is 1. The summed E-state index contributed by atoms with van der Waals surface area (Å²) in [5.41, 5.74) is 1.46. The van der Waals surface area contributed by atoms with Gasteiger partial charge >= 0.3 is 5.97 Å². The highest BCUT2D eigenvalue weighted by Gasteiger charge is 2.14. The molecule has 0 aliphatic carbocycles. The van der Waals surface area contributed by atoms with Crippen LogP contribution in [0.1, 0.15) is 21.8 Å². The molecule has 0 unspecified atom stereocenters. The molecule has 0 fully saturated rings. The Labute approximate surface area is 162 Å². The van der Waals surface area contributed by atoms with Crippen molar-refractivity contribution in [3.8, 4) is 17.1 Å². The van der Waals surface area contributed by atoms with E-state index in [9.17, 15) is 13.2 Å². The second-order valence-electron chi connectivity index (χ2n) is 6.09. The van der Waals surface area contributed by atoms with Crippen molar-refractivity contribution < 1.29 is 27.2 Å². The number of hydrogen-bond acceptors (Lipinski definition) is 8. The highest BCUT2D eigenvalue weighted by molar-refractivity contribution is 7.89. The number of ether oxygens (including phenoxy) is 2. The molecule has 3 aromatic rings. The number of sulfone groups is 1. The first-order valence-corrected chi connectivity index (χ1v) is 10.3. The maximum atomic E-state index is 12.2. The Hall–Kier alpha value is -3.20. The third-order valence-corrected chi connectivity index (χ3v) is 4.57. The number of carbonyl (C=O) groups excluding carboxylic acids is 1. The van der Waals surface area contributed by atoms with Crippen LogP contribution in [0.5, 0.6) is 5.75 Å². The van der Waals surface area contributed by atoms with Crippen LogP contribution in [0.4, 0.5) is 0 Å². The Morgan fingerprint density at radius 1 is 1.14 bits per heavy atom. The zero-order valence-corrected chi connectivity index (χ0v) is 16.1. The van der Waals surface area contributed by atoms with Gasteiger partial charge in [-0.2, -0.15) is 4.98 Å². The average Bonchev–Trinajstić information content (AvgIpc) is 3.14. The van der Waals surface area contributed by atoms with Crippen LogP contribution in [-0.2, 0) is 26.9 Å². The molecule has 28 heavy (non-hydrogen) atoms. The molecule has 146 valence electrons. The third kappa shape index (κ3) is 5.17. The fourth-order valence-corrected chi connectivity index (χ4v) is 3.28. The molecule has 3 rings (SSSR count). The van der Waals surface area contributed by atoms with Crippen LogP contribution in [0.15, 0.2) is 53.1 Å². The summed E-state index contributed by atoms with van der Waals surface area (Å²) >= 11 is 0. The highest BCUT2D eigenvalue weighted by atomic mass is 32.2. The van der Waals surface area contributed by atoms with E-state index in [0.29, 0.717) is 22.7 Å². The van der Waals surface area contributed by atoms with E-state index < -0.39 is 15.8 Å². The molecule has 0 aliphatic heterocycles. The van der Waals surface area contributed by atoms with Gasteiger partial charge in [-0.05, 0) is 29.8 Å². The fraction of sp³-hybridized carbons (Fsp3) is 0.211. The number of esters is 1. The summed E-state index contributed by atoms with van der Waals surface area (Å²) in [4.78, 5) is 16.4. The minimum Gasteiger partial charge on any atom is -0.497 e. The molecule has 0 atom stereocenters. The Morgan fingerprint density at radius 2 is 1.93 bits per heavy atom. The molecule has 9 heteroatoms. The molecule has 0 saturated heterocycles. The zero-order chi connectivity index (χ0) is 20.1. The fourth-order valence-electron chi connectivity index (χ4n) is 2.49. The standard InChI is InChI=1S/C19H18N2O6S/c1-25-16-8-4-6-14(10-16)18-20-17(27-21-18)11-26-19(22)15-7-3-5-13(9-15)12-28(2,23)24/h3-10H,11-12H2,1-2H3. The summed E-state index contributed by atoms with van der Waals surface area (Å²) < 4.78 is 38.3. The van der Waals surface area contributed by atoms with Crippen molar-refractivity contribution in [2.75, 3.05) is 13.4 Å².